The number of nitrogens with two attached hydrogens (primary N) is 1. The normalized spacial score (nSPS) is 11.1. The molecule has 0 unspecified atom stereocenters. The number of carbonyl (C=O) groups excluding carboxylic acids is 1. The van der Waals surface area contributed by atoms with Gasteiger partial charge in [-0.15, -0.1) is 0 Å². The first kappa shape index (κ1) is 14.2. The highest BCUT2D eigenvalue weighted by Gasteiger charge is 2.12. The highest BCUT2D eigenvalue weighted by molar-refractivity contribution is 6.03. The molecule has 3 aromatic rings. The fourth-order valence-corrected chi connectivity index (χ4v) is 2.51. The standard InChI is InChI=1S/C15H18N6O/c1-10(22)17-6-2-3-8-21-9-19-13-14(21)12-11(20-15(13)16)5-4-7-18-12/h4-5,7,9H,2-3,6,8H2,1H3,(H2,16,20)(H,17,22). The Morgan fingerprint density at radius 1 is 1.32 bits per heavy atom. The Morgan fingerprint density at radius 2 is 2.18 bits per heavy atom. The molecule has 1 amide bonds. The van der Waals surface area contributed by atoms with Gasteiger partial charge in [-0.3, -0.25) is 9.78 Å². The molecule has 0 saturated carbocycles. The van der Waals surface area contributed by atoms with Crippen LogP contribution in [0.4, 0.5) is 5.82 Å². The average molecular weight is 298 g/mol. The third kappa shape index (κ3) is 2.69. The zero-order valence-electron chi connectivity index (χ0n) is 12.4. The van der Waals surface area contributed by atoms with E-state index < -0.39 is 0 Å². The van der Waals surface area contributed by atoms with Crippen LogP contribution in [0.5, 0.6) is 0 Å². The van der Waals surface area contributed by atoms with Gasteiger partial charge in [0.15, 0.2) is 5.82 Å². The molecule has 0 aliphatic rings. The molecule has 0 saturated heterocycles. The van der Waals surface area contributed by atoms with Gasteiger partial charge in [-0.1, -0.05) is 0 Å². The number of nitrogen functional groups attached to an aromatic ring is 1. The smallest absolute Gasteiger partial charge is 0.216 e. The van der Waals surface area contributed by atoms with Gasteiger partial charge in [-0.05, 0) is 25.0 Å². The van der Waals surface area contributed by atoms with E-state index in [4.69, 9.17) is 5.73 Å². The summed E-state index contributed by atoms with van der Waals surface area (Å²) in [5.74, 6) is 0.426. The number of pyridine rings is 2. The van der Waals surface area contributed by atoms with Crippen LogP contribution in [0, 0.1) is 0 Å². The maximum atomic E-state index is 10.8. The lowest BCUT2D eigenvalue weighted by atomic mass is 10.2. The molecular weight excluding hydrogens is 280 g/mol. The molecule has 3 heterocycles. The molecule has 3 N–H and O–H groups in total. The van der Waals surface area contributed by atoms with Crippen molar-refractivity contribution in [3.05, 3.63) is 24.7 Å². The van der Waals surface area contributed by atoms with Crippen LogP contribution in [0.1, 0.15) is 19.8 Å². The second-order valence-corrected chi connectivity index (χ2v) is 5.19. The van der Waals surface area contributed by atoms with Gasteiger partial charge in [0.25, 0.3) is 0 Å². The van der Waals surface area contributed by atoms with Crippen molar-refractivity contribution in [2.45, 2.75) is 26.3 Å². The molecule has 7 heteroatoms. The number of nitrogens with one attached hydrogen (secondary N) is 1. The Bertz CT molecular complexity index is 825. The number of aromatic nitrogens is 4. The van der Waals surface area contributed by atoms with Crippen molar-refractivity contribution in [3.63, 3.8) is 0 Å². The highest BCUT2D eigenvalue weighted by atomic mass is 16.1. The first-order chi connectivity index (χ1) is 10.7. The van der Waals surface area contributed by atoms with Gasteiger partial charge in [0.2, 0.25) is 5.91 Å². The minimum atomic E-state index is 0.00197. The lowest BCUT2D eigenvalue weighted by molar-refractivity contribution is -0.118. The summed E-state index contributed by atoms with van der Waals surface area (Å²) in [6, 6.07) is 3.74. The topological polar surface area (TPSA) is 98.7 Å². The Balaban J connectivity index is 1.86. The molecule has 7 nitrogen and oxygen atoms in total. The van der Waals surface area contributed by atoms with E-state index in [1.165, 1.54) is 6.92 Å². The van der Waals surface area contributed by atoms with Gasteiger partial charge < -0.3 is 15.6 Å². The van der Waals surface area contributed by atoms with Crippen molar-refractivity contribution < 1.29 is 4.79 Å². The van der Waals surface area contributed by atoms with Gasteiger partial charge in [0, 0.05) is 26.2 Å². The number of hydrogen-bond donors (Lipinski definition) is 2. The fraction of sp³-hybridized carbons (Fsp3) is 0.333. The molecule has 0 fully saturated rings. The van der Waals surface area contributed by atoms with Crippen LogP contribution < -0.4 is 11.1 Å². The van der Waals surface area contributed by atoms with Crippen LogP contribution in [0.25, 0.3) is 22.1 Å². The number of fused-ring (bicyclic) bond motifs is 3. The summed E-state index contributed by atoms with van der Waals surface area (Å²) >= 11 is 0. The molecule has 0 aromatic carbocycles. The van der Waals surface area contributed by atoms with Crippen LogP contribution in [0.2, 0.25) is 0 Å². The number of amides is 1. The summed E-state index contributed by atoms with van der Waals surface area (Å²) in [4.78, 5) is 24.0. The summed E-state index contributed by atoms with van der Waals surface area (Å²) in [5.41, 5.74) is 9.17. The van der Waals surface area contributed by atoms with E-state index in [9.17, 15) is 4.79 Å². The number of rotatable bonds is 5. The number of imidazole rings is 1. The fourth-order valence-electron chi connectivity index (χ4n) is 2.51. The van der Waals surface area contributed by atoms with Crippen molar-refractivity contribution in [2.75, 3.05) is 12.3 Å². The third-order valence-corrected chi connectivity index (χ3v) is 3.53. The minimum absolute atomic E-state index is 0.00197. The molecule has 0 radical (unpaired) electrons. The van der Waals surface area contributed by atoms with Crippen molar-refractivity contribution in [2.24, 2.45) is 0 Å². The Morgan fingerprint density at radius 3 is 3.00 bits per heavy atom. The first-order valence-corrected chi connectivity index (χ1v) is 7.26. The highest BCUT2D eigenvalue weighted by Crippen LogP contribution is 2.25. The van der Waals surface area contributed by atoms with Crippen LogP contribution in [-0.4, -0.2) is 32.0 Å². The van der Waals surface area contributed by atoms with E-state index in [0.29, 0.717) is 17.9 Å². The van der Waals surface area contributed by atoms with Crippen molar-refractivity contribution >= 4 is 33.8 Å². The molecule has 0 aliphatic carbocycles. The van der Waals surface area contributed by atoms with Crippen molar-refractivity contribution in [1.29, 1.82) is 0 Å². The van der Waals surface area contributed by atoms with Crippen LogP contribution in [-0.2, 0) is 11.3 Å². The average Bonchev–Trinajstić information content (AvgIpc) is 2.92. The van der Waals surface area contributed by atoms with Gasteiger partial charge in [-0.2, -0.15) is 0 Å². The number of anilines is 1. The second kappa shape index (κ2) is 5.97. The quantitative estimate of drug-likeness (QED) is 0.695. The largest absolute Gasteiger partial charge is 0.382 e. The lowest BCUT2D eigenvalue weighted by Crippen LogP contribution is -2.21. The SMILES string of the molecule is CC(=O)NCCCCn1cnc2c(N)nc3cccnc3c21. The minimum Gasteiger partial charge on any atom is -0.382 e. The van der Waals surface area contributed by atoms with Gasteiger partial charge in [-0.25, -0.2) is 9.97 Å². The number of nitrogens with zero attached hydrogens (tertiary/aromatic N) is 4. The first-order valence-electron chi connectivity index (χ1n) is 7.26. The molecular formula is C15H18N6O. The van der Waals surface area contributed by atoms with E-state index in [1.807, 2.05) is 12.1 Å². The Kier molecular flexibility index (Phi) is 3.86. The zero-order chi connectivity index (χ0) is 15.5. The van der Waals surface area contributed by atoms with E-state index >= 15 is 0 Å². The van der Waals surface area contributed by atoms with E-state index in [-0.39, 0.29) is 5.91 Å². The summed E-state index contributed by atoms with van der Waals surface area (Å²) in [7, 11) is 0. The molecule has 22 heavy (non-hydrogen) atoms. The molecule has 0 atom stereocenters. The van der Waals surface area contributed by atoms with Crippen molar-refractivity contribution in [1.82, 2.24) is 24.8 Å². The molecule has 0 spiro atoms. The Hall–Kier alpha value is -2.70. The molecule has 0 bridgehead atoms. The van der Waals surface area contributed by atoms with Crippen LogP contribution >= 0.6 is 0 Å². The summed E-state index contributed by atoms with van der Waals surface area (Å²) in [6.07, 6.45) is 5.36. The zero-order valence-corrected chi connectivity index (χ0v) is 12.4. The number of unbranched alkanes of at least 4 members (excludes halogenated alkanes) is 1. The van der Waals surface area contributed by atoms with E-state index in [1.54, 1.807) is 12.5 Å². The molecule has 3 rings (SSSR count). The number of aryl methyl sites for hydroxylation is 1. The lowest BCUT2D eigenvalue weighted by Gasteiger charge is -2.07. The predicted octanol–water partition coefficient (Wildman–Crippen LogP) is 1.48. The number of carbonyl (C=O) groups is 1. The molecule has 3 aromatic heterocycles. The maximum absolute atomic E-state index is 10.8. The van der Waals surface area contributed by atoms with E-state index in [2.05, 4.69) is 24.8 Å². The molecule has 0 aliphatic heterocycles. The molecule has 114 valence electrons. The van der Waals surface area contributed by atoms with Crippen LogP contribution in [0.3, 0.4) is 0 Å². The second-order valence-electron chi connectivity index (χ2n) is 5.19. The number of hydrogen-bond acceptors (Lipinski definition) is 5. The summed E-state index contributed by atoms with van der Waals surface area (Å²) in [6.45, 7) is 3.01. The Labute approximate surface area is 127 Å². The summed E-state index contributed by atoms with van der Waals surface area (Å²) in [5, 5.41) is 2.80. The van der Waals surface area contributed by atoms with Gasteiger partial charge in [0.1, 0.15) is 16.6 Å². The van der Waals surface area contributed by atoms with Gasteiger partial charge in [0.05, 0.1) is 11.8 Å². The maximum Gasteiger partial charge on any atom is 0.216 e. The van der Waals surface area contributed by atoms with Gasteiger partial charge >= 0.3 is 0 Å². The van der Waals surface area contributed by atoms with Crippen molar-refractivity contribution in [3.8, 4) is 0 Å². The summed E-state index contributed by atoms with van der Waals surface area (Å²) < 4.78 is 2.05. The predicted molar refractivity (Wildman–Crippen MR) is 85.2 cm³/mol. The van der Waals surface area contributed by atoms with Crippen LogP contribution in [0.15, 0.2) is 24.7 Å². The monoisotopic (exact) mass is 298 g/mol. The third-order valence-electron chi connectivity index (χ3n) is 3.53. The van der Waals surface area contributed by atoms with E-state index in [0.717, 1.165) is 35.9 Å².